The summed E-state index contributed by atoms with van der Waals surface area (Å²) in [6, 6.07) is 0. The highest BCUT2D eigenvalue weighted by Crippen LogP contribution is 2.35. The quantitative estimate of drug-likeness (QED) is 0.562. The van der Waals surface area contributed by atoms with Crippen LogP contribution in [0.4, 0.5) is 3.89 Å². The van der Waals surface area contributed by atoms with Crippen LogP contribution in [0, 0.1) is 0 Å². The summed E-state index contributed by atoms with van der Waals surface area (Å²) < 4.78 is 18.0. The van der Waals surface area contributed by atoms with E-state index in [1.807, 2.05) is 27.7 Å². The Balaban J connectivity index is 3.85. The molecular formula is C12H25FOS. The molecule has 0 aromatic heterocycles. The molecule has 0 unspecified atom stereocenters. The number of hydrogen-bond acceptors (Lipinski definition) is 2. The molecule has 0 aromatic rings. The second kappa shape index (κ2) is 6.74. The molecule has 1 nitrogen and oxygen atoms in total. The van der Waals surface area contributed by atoms with Gasteiger partial charge in [-0.25, -0.2) is 0 Å². The van der Waals surface area contributed by atoms with Crippen molar-refractivity contribution in [3.05, 3.63) is 0 Å². The fourth-order valence-corrected chi connectivity index (χ4v) is 2.21. The zero-order valence-corrected chi connectivity index (χ0v) is 11.5. The fourth-order valence-electron chi connectivity index (χ4n) is 1.80. The maximum absolute atomic E-state index is 12.6. The Labute approximate surface area is 98.5 Å². The maximum atomic E-state index is 12.6. The molecule has 0 heterocycles. The summed E-state index contributed by atoms with van der Waals surface area (Å²) in [5.74, 6) is 0. The van der Waals surface area contributed by atoms with Gasteiger partial charge in [0.1, 0.15) is 0 Å². The third kappa shape index (κ3) is 8.09. The number of halogens is 1. The van der Waals surface area contributed by atoms with Gasteiger partial charge in [-0.05, 0) is 40.5 Å². The highest BCUT2D eigenvalue weighted by Gasteiger charge is 2.30. The van der Waals surface area contributed by atoms with Crippen LogP contribution in [0.1, 0.15) is 60.3 Å². The third-order valence-electron chi connectivity index (χ3n) is 2.30. The van der Waals surface area contributed by atoms with Crippen molar-refractivity contribution in [2.75, 3.05) is 6.61 Å². The Morgan fingerprint density at radius 1 is 1.13 bits per heavy atom. The topological polar surface area (TPSA) is 9.23 Å². The molecule has 0 aromatic carbocycles. The smallest absolute Gasteiger partial charge is 0.0640 e. The Bertz CT molecular complexity index is 169. The summed E-state index contributed by atoms with van der Waals surface area (Å²) in [6.07, 6.45) is 4.24. The van der Waals surface area contributed by atoms with E-state index in [9.17, 15) is 3.89 Å². The lowest BCUT2D eigenvalue weighted by Gasteiger charge is -2.32. The zero-order chi connectivity index (χ0) is 11.9. The van der Waals surface area contributed by atoms with E-state index in [1.54, 1.807) is 0 Å². The molecular weight excluding hydrogens is 211 g/mol. The van der Waals surface area contributed by atoms with Gasteiger partial charge in [0.2, 0.25) is 0 Å². The second-order valence-electron chi connectivity index (χ2n) is 5.33. The molecule has 0 amide bonds. The van der Waals surface area contributed by atoms with Gasteiger partial charge in [0.25, 0.3) is 0 Å². The molecule has 0 aliphatic rings. The molecule has 0 fully saturated rings. The van der Waals surface area contributed by atoms with Crippen molar-refractivity contribution in [2.24, 2.45) is 0 Å². The monoisotopic (exact) mass is 236 g/mol. The van der Waals surface area contributed by atoms with Crippen molar-refractivity contribution in [1.82, 2.24) is 0 Å². The van der Waals surface area contributed by atoms with Crippen LogP contribution in [0.15, 0.2) is 0 Å². The Hall–Kier alpha value is 0.240. The average molecular weight is 236 g/mol. The summed E-state index contributed by atoms with van der Waals surface area (Å²) in [7, 11) is 0. The minimum Gasteiger partial charge on any atom is -0.376 e. The molecule has 0 atom stereocenters. The number of unbranched alkanes of at least 4 members (excludes halogenated alkanes) is 2. The van der Waals surface area contributed by atoms with Gasteiger partial charge in [-0.2, -0.15) is 3.89 Å². The van der Waals surface area contributed by atoms with E-state index in [4.69, 9.17) is 4.74 Å². The van der Waals surface area contributed by atoms with Gasteiger partial charge >= 0.3 is 0 Å². The zero-order valence-electron chi connectivity index (χ0n) is 10.7. The Morgan fingerprint density at radius 2 is 1.73 bits per heavy atom. The SMILES string of the molecule is CCCCCOC(C)(C)CC(C)(C)SF. The first-order valence-electron chi connectivity index (χ1n) is 5.77. The summed E-state index contributed by atoms with van der Waals surface area (Å²) in [5, 5.41) is 0. The van der Waals surface area contributed by atoms with Crippen molar-refractivity contribution in [3.8, 4) is 0 Å². The molecule has 0 N–H and O–H groups in total. The summed E-state index contributed by atoms with van der Waals surface area (Å²) >= 11 is 0.418. The minimum atomic E-state index is -0.353. The van der Waals surface area contributed by atoms with Crippen LogP contribution in [0.5, 0.6) is 0 Å². The minimum absolute atomic E-state index is 0.226. The van der Waals surface area contributed by atoms with E-state index in [1.165, 1.54) is 12.8 Å². The molecule has 0 saturated carbocycles. The maximum Gasteiger partial charge on any atom is 0.0640 e. The average Bonchev–Trinajstić information content (AvgIpc) is 2.11. The highest BCUT2D eigenvalue weighted by molar-refractivity contribution is 7.95. The molecule has 15 heavy (non-hydrogen) atoms. The number of ether oxygens (including phenoxy) is 1. The van der Waals surface area contributed by atoms with Crippen molar-refractivity contribution in [2.45, 2.75) is 70.7 Å². The van der Waals surface area contributed by atoms with Gasteiger partial charge in [0, 0.05) is 11.4 Å². The molecule has 0 saturated heterocycles. The lowest BCUT2D eigenvalue weighted by molar-refractivity contribution is -0.0298. The van der Waals surface area contributed by atoms with Crippen molar-refractivity contribution >= 4 is 12.1 Å². The second-order valence-corrected chi connectivity index (χ2v) is 6.59. The van der Waals surface area contributed by atoms with Crippen LogP contribution in [0.3, 0.4) is 0 Å². The molecule has 0 rings (SSSR count). The van der Waals surface area contributed by atoms with E-state index in [2.05, 4.69) is 6.92 Å². The van der Waals surface area contributed by atoms with Gasteiger partial charge in [0.05, 0.1) is 17.7 Å². The number of rotatable bonds is 8. The Kier molecular flexibility index (Phi) is 6.85. The van der Waals surface area contributed by atoms with Crippen molar-refractivity contribution < 1.29 is 8.62 Å². The molecule has 0 spiro atoms. The third-order valence-corrected chi connectivity index (χ3v) is 2.86. The van der Waals surface area contributed by atoms with Crippen LogP contribution in [-0.2, 0) is 4.74 Å². The summed E-state index contributed by atoms with van der Waals surface area (Å²) in [4.78, 5) is 0. The fraction of sp³-hybridized carbons (Fsp3) is 1.00. The number of hydrogen-bond donors (Lipinski definition) is 0. The molecule has 92 valence electrons. The van der Waals surface area contributed by atoms with Gasteiger partial charge < -0.3 is 4.74 Å². The Morgan fingerprint density at radius 3 is 2.20 bits per heavy atom. The van der Waals surface area contributed by atoms with Crippen LogP contribution >= 0.6 is 12.1 Å². The van der Waals surface area contributed by atoms with Crippen LogP contribution in [0.2, 0.25) is 0 Å². The predicted molar refractivity (Wildman–Crippen MR) is 67.0 cm³/mol. The van der Waals surface area contributed by atoms with Gasteiger partial charge in [-0.1, -0.05) is 19.8 Å². The molecule has 0 aliphatic carbocycles. The standard InChI is InChI=1S/C12H25FOS/c1-6-7-8-9-14-11(2,3)10-12(4,5)15-13/h6-10H2,1-5H3. The predicted octanol–water partition coefficient (Wildman–Crippen LogP) is 4.76. The largest absolute Gasteiger partial charge is 0.376 e. The van der Waals surface area contributed by atoms with Gasteiger partial charge in [-0.3, -0.25) is 0 Å². The normalized spacial score (nSPS) is 13.2. The van der Waals surface area contributed by atoms with E-state index in [-0.39, 0.29) is 10.3 Å². The van der Waals surface area contributed by atoms with Crippen LogP contribution in [0.25, 0.3) is 0 Å². The molecule has 0 radical (unpaired) electrons. The van der Waals surface area contributed by atoms with E-state index < -0.39 is 0 Å². The summed E-state index contributed by atoms with van der Waals surface area (Å²) in [6.45, 7) is 10.9. The molecule has 0 bridgehead atoms. The molecule has 0 aliphatic heterocycles. The molecule has 3 heteroatoms. The highest BCUT2D eigenvalue weighted by atomic mass is 32.2. The first kappa shape index (κ1) is 15.2. The first-order valence-corrected chi connectivity index (χ1v) is 6.48. The summed E-state index contributed by atoms with van der Waals surface area (Å²) in [5.41, 5.74) is -0.226. The van der Waals surface area contributed by atoms with Gasteiger partial charge in [0.15, 0.2) is 0 Å². The lowest BCUT2D eigenvalue weighted by atomic mass is 9.95. The van der Waals surface area contributed by atoms with Gasteiger partial charge in [-0.15, -0.1) is 0 Å². The lowest BCUT2D eigenvalue weighted by Crippen LogP contribution is -2.33. The van der Waals surface area contributed by atoms with E-state index in [0.717, 1.165) is 19.4 Å². The first-order chi connectivity index (χ1) is 6.83. The van der Waals surface area contributed by atoms with E-state index >= 15 is 0 Å². The van der Waals surface area contributed by atoms with Crippen LogP contribution in [-0.4, -0.2) is 17.0 Å². The van der Waals surface area contributed by atoms with E-state index in [0.29, 0.717) is 12.1 Å². The van der Waals surface area contributed by atoms with Crippen molar-refractivity contribution in [3.63, 3.8) is 0 Å². The van der Waals surface area contributed by atoms with Crippen LogP contribution < -0.4 is 0 Å². The van der Waals surface area contributed by atoms with Crippen molar-refractivity contribution in [1.29, 1.82) is 0 Å².